The summed E-state index contributed by atoms with van der Waals surface area (Å²) in [4.78, 5) is 50.0. The van der Waals surface area contributed by atoms with Crippen molar-refractivity contribution in [1.29, 1.82) is 0 Å². The highest BCUT2D eigenvalue weighted by molar-refractivity contribution is 8.00. The van der Waals surface area contributed by atoms with Crippen LogP contribution >= 0.6 is 11.8 Å². The van der Waals surface area contributed by atoms with E-state index in [4.69, 9.17) is 9.47 Å². The number of nitrogens with one attached hydrogen (secondary N) is 2. The lowest BCUT2D eigenvalue weighted by Gasteiger charge is -2.34. The molecule has 1 atom stereocenters. The van der Waals surface area contributed by atoms with Crippen LogP contribution in [0.1, 0.15) is 45.6 Å². The lowest BCUT2D eigenvalue weighted by atomic mass is 9.93. The van der Waals surface area contributed by atoms with Gasteiger partial charge in [-0.3, -0.25) is 24.3 Å². The predicted octanol–water partition coefficient (Wildman–Crippen LogP) is 4.94. The van der Waals surface area contributed by atoms with E-state index in [2.05, 4.69) is 25.5 Å². The first-order chi connectivity index (χ1) is 20.1. The van der Waals surface area contributed by atoms with E-state index in [9.17, 15) is 14.4 Å². The highest BCUT2D eigenvalue weighted by Gasteiger charge is 2.28. The van der Waals surface area contributed by atoms with E-state index < -0.39 is 5.60 Å². The number of carbonyl (C=O) groups excluding carboxylic acids is 3. The van der Waals surface area contributed by atoms with Gasteiger partial charge in [-0.05, 0) is 69.9 Å². The van der Waals surface area contributed by atoms with E-state index >= 15 is 0 Å². The summed E-state index contributed by atoms with van der Waals surface area (Å²) >= 11 is 1.52. The molecule has 42 heavy (non-hydrogen) atoms. The number of thioether (sulfide) groups is 1. The van der Waals surface area contributed by atoms with Crippen molar-refractivity contribution >= 4 is 52.0 Å². The number of methoxy groups -OCH3 is 1. The van der Waals surface area contributed by atoms with Crippen molar-refractivity contribution in [1.82, 2.24) is 14.9 Å². The van der Waals surface area contributed by atoms with Crippen LogP contribution < -0.4 is 15.4 Å². The summed E-state index contributed by atoms with van der Waals surface area (Å²) in [5.74, 6) is 0.337. The van der Waals surface area contributed by atoms with Crippen LogP contribution in [0.4, 0.5) is 11.4 Å². The maximum atomic E-state index is 13.2. The maximum Gasteiger partial charge on any atom is 0.320 e. The molecule has 0 saturated heterocycles. The fourth-order valence-corrected chi connectivity index (χ4v) is 5.89. The molecular formula is C31H35N5O5S. The normalized spacial score (nSPS) is 16.8. The van der Waals surface area contributed by atoms with Crippen molar-refractivity contribution in [3.63, 3.8) is 0 Å². The topological polar surface area (TPSA) is 123 Å². The summed E-state index contributed by atoms with van der Waals surface area (Å²) in [6.07, 6.45) is 5.44. The van der Waals surface area contributed by atoms with Gasteiger partial charge < -0.3 is 20.1 Å². The number of nitrogens with zero attached hydrogens (tertiary/aromatic N) is 3. The number of pyridine rings is 2. The predicted molar refractivity (Wildman–Crippen MR) is 162 cm³/mol. The number of hydrogen-bond donors (Lipinski definition) is 2. The summed E-state index contributed by atoms with van der Waals surface area (Å²) in [7, 11) is 1.54. The van der Waals surface area contributed by atoms with Gasteiger partial charge in [0, 0.05) is 35.3 Å². The molecule has 2 amide bonds. The second-order valence-corrected chi connectivity index (χ2v) is 12.4. The number of rotatable bonds is 8. The van der Waals surface area contributed by atoms with E-state index in [-0.39, 0.29) is 30.4 Å². The Morgan fingerprint density at radius 1 is 1.19 bits per heavy atom. The van der Waals surface area contributed by atoms with Gasteiger partial charge in [0.2, 0.25) is 11.8 Å². The lowest BCUT2D eigenvalue weighted by molar-refractivity contribution is -0.157. The molecule has 0 radical (unpaired) electrons. The molecule has 0 fully saturated rings. The average molecular weight is 590 g/mol. The molecule has 0 saturated carbocycles. The van der Waals surface area contributed by atoms with Crippen molar-refractivity contribution in [2.24, 2.45) is 0 Å². The summed E-state index contributed by atoms with van der Waals surface area (Å²) < 4.78 is 10.9. The Labute approximate surface area is 249 Å². The summed E-state index contributed by atoms with van der Waals surface area (Å²) in [5.41, 5.74) is 3.65. The fourth-order valence-electron chi connectivity index (χ4n) is 5.10. The van der Waals surface area contributed by atoms with E-state index in [1.807, 2.05) is 45.0 Å². The summed E-state index contributed by atoms with van der Waals surface area (Å²) in [6.45, 7) is 6.18. The first kappa shape index (κ1) is 29.5. The Morgan fingerprint density at radius 3 is 2.76 bits per heavy atom. The molecule has 3 aromatic rings. The molecule has 2 aliphatic rings. The fraction of sp³-hybridized carbons (Fsp3) is 0.387. The number of benzene rings is 1. The average Bonchev–Trinajstić information content (AvgIpc) is 2.95. The lowest BCUT2D eigenvalue weighted by Crippen LogP contribution is -2.42. The molecule has 0 spiro atoms. The van der Waals surface area contributed by atoms with Crippen LogP contribution in [-0.4, -0.2) is 63.7 Å². The Morgan fingerprint density at radius 2 is 2.02 bits per heavy atom. The second-order valence-electron chi connectivity index (χ2n) is 11.4. The van der Waals surface area contributed by atoms with Crippen LogP contribution in [0, 0.1) is 0 Å². The van der Waals surface area contributed by atoms with Crippen molar-refractivity contribution in [2.75, 3.05) is 30.0 Å². The maximum absolute atomic E-state index is 13.2. The Bertz CT molecular complexity index is 1550. The van der Waals surface area contributed by atoms with Gasteiger partial charge in [-0.15, -0.1) is 11.8 Å². The number of ether oxygens (including phenoxy) is 2. The zero-order chi connectivity index (χ0) is 29.9. The molecular weight excluding hydrogens is 554 g/mol. The monoisotopic (exact) mass is 589 g/mol. The molecule has 220 valence electrons. The Hall–Kier alpha value is -3.96. The molecule has 2 aromatic heterocycles. The zero-order valence-corrected chi connectivity index (χ0v) is 25.0. The first-order valence-electron chi connectivity index (χ1n) is 13.9. The third kappa shape index (κ3) is 7.27. The Balaban J connectivity index is 1.31. The third-order valence-electron chi connectivity index (χ3n) is 7.02. The Kier molecular flexibility index (Phi) is 8.79. The quantitative estimate of drug-likeness (QED) is 0.352. The minimum Gasteiger partial charge on any atom is -0.481 e. The second kappa shape index (κ2) is 12.5. The SMILES string of the molecule is COc1ccc2nccc(NC(=O)C3=CC[C@H](N(CC(=O)OC(C)(C)C)Cc4ccc5c(c4)NC(=O)CS5)CC3)c2n1. The van der Waals surface area contributed by atoms with E-state index in [0.717, 1.165) is 16.1 Å². The van der Waals surface area contributed by atoms with Crippen LogP contribution in [-0.2, 0) is 25.7 Å². The van der Waals surface area contributed by atoms with Gasteiger partial charge in [0.25, 0.3) is 5.91 Å². The molecule has 5 rings (SSSR count). The molecule has 1 aliphatic heterocycles. The smallest absolute Gasteiger partial charge is 0.320 e. The number of fused-ring (bicyclic) bond motifs is 2. The van der Waals surface area contributed by atoms with Crippen molar-refractivity contribution in [3.05, 3.63) is 59.8 Å². The highest BCUT2D eigenvalue weighted by Crippen LogP contribution is 2.33. The van der Waals surface area contributed by atoms with Gasteiger partial charge in [-0.25, -0.2) is 4.98 Å². The molecule has 0 bridgehead atoms. The number of esters is 1. The van der Waals surface area contributed by atoms with Crippen molar-refractivity contribution in [3.8, 4) is 5.88 Å². The van der Waals surface area contributed by atoms with Crippen LogP contribution in [0.15, 0.2) is 59.1 Å². The number of carbonyl (C=O) groups is 3. The van der Waals surface area contributed by atoms with E-state index in [0.29, 0.717) is 59.7 Å². The summed E-state index contributed by atoms with van der Waals surface area (Å²) in [6, 6.07) is 11.3. The van der Waals surface area contributed by atoms with Gasteiger partial charge in [0.05, 0.1) is 36.3 Å². The van der Waals surface area contributed by atoms with E-state index in [1.54, 1.807) is 31.5 Å². The van der Waals surface area contributed by atoms with Crippen molar-refractivity contribution < 1.29 is 23.9 Å². The standard InChI is InChI=1S/C31H35N5O5S/c1-31(2,3)41-28(38)17-36(16-19-5-11-25-24(15-19)33-26(37)18-42-25)21-8-6-20(7-9-21)30(39)34-23-13-14-32-22-10-12-27(40-4)35-29(22)23/h5-6,10-15,21H,7-9,16-18H2,1-4H3,(H,33,37)(H,32,34,39)/t21-/m0/s1. The van der Waals surface area contributed by atoms with Gasteiger partial charge in [0.15, 0.2) is 0 Å². The molecule has 1 aromatic carbocycles. The third-order valence-corrected chi connectivity index (χ3v) is 8.10. The molecule has 3 heterocycles. The minimum absolute atomic E-state index is 0.0202. The molecule has 0 unspecified atom stereocenters. The van der Waals surface area contributed by atoms with Crippen LogP contribution in [0.2, 0.25) is 0 Å². The highest BCUT2D eigenvalue weighted by atomic mass is 32.2. The number of amides is 2. The van der Waals surface area contributed by atoms with Crippen molar-refractivity contribution in [2.45, 2.75) is 63.1 Å². The van der Waals surface area contributed by atoms with Gasteiger partial charge in [-0.1, -0.05) is 12.1 Å². The number of aromatic nitrogens is 2. The van der Waals surface area contributed by atoms with Gasteiger partial charge >= 0.3 is 5.97 Å². The first-order valence-corrected chi connectivity index (χ1v) is 14.9. The largest absolute Gasteiger partial charge is 0.481 e. The van der Waals surface area contributed by atoms with Gasteiger partial charge in [0.1, 0.15) is 11.1 Å². The molecule has 10 nitrogen and oxygen atoms in total. The molecule has 2 N–H and O–H groups in total. The van der Waals surface area contributed by atoms with Crippen LogP contribution in [0.25, 0.3) is 11.0 Å². The number of anilines is 2. The van der Waals surface area contributed by atoms with Crippen LogP contribution in [0.3, 0.4) is 0 Å². The zero-order valence-electron chi connectivity index (χ0n) is 24.2. The molecule has 1 aliphatic carbocycles. The van der Waals surface area contributed by atoms with E-state index in [1.165, 1.54) is 11.8 Å². The van der Waals surface area contributed by atoms with Crippen LogP contribution in [0.5, 0.6) is 5.88 Å². The molecule has 11 heteroatoms. The summed E-state index contributed by atoms with van der Waals surface area (Å²) in [5, 5.41) is 5.93. The van der Waals surface area contributed by atoms with Gasteiger partial charge in [-0.2, -0.15) is 0 Å². The minimum atomic E-state index is -0.593. The number of hydrogen-bond acceptors (Lipinski definition) is 9.